The van der Waals surface area contributed by atoms with Crippen molar-refractivity contribution in [1.82, 2.24) is 4.90 Å². The topological polar surface area (TPSA) is 75.8 Å². The summed E-state index contributed by atoms with van der Waals surface area (Å²) in [6.45, 7) is 1.65. The van der Waals surface area contributed by atoms with Crippen LogP contribution in [0.5, 0.6) is 0 Å². The van der Waals surface area contributed by atoms with Gasteiger partial charge in [-0.05, 0) is 0 Å². The second-order valence-electron chi connectivity index (χ2n) is 2.44. The minimum Gasteiger partial charge on any atom is -0.465 e. The zero-order valence-electron chi connectivity index (χ0n) is 6.19. The van der Waals surface area contributed by atoms with Crippen molar-refractivity contribution in [3.63, 3.8) is 0 Å². The van der Waals surface area contributed by atoms with Gasteiger partial charge in [0, 0.05) is 13.1 Å². The Morgan fingerprint density at radius 2 is 2.55 bits per heavy atom. The van der Waals surface area contributed by atoms with Crippen LogP contribution in [0.2, 0.25) is 0 Å². The van der Waals surface area contributed by atoms with Crippen molar-refractivity contribution in [2.75, 3.05) is 26.3 Å². The standard InChI is InChI=1S/C6H12N2O3/c7-3-5-4-11-2-1-8(5)6(9)10/h5H,1-4,7H2,(H,9,10). The molecule has 0 radical (unpaired) electrons. The van der Waals surface area contributed by atoms with Crippen LogP contribution in [0, 0.1) is 0 Å². The van der Waals surface area contributed by atoms with Crippen LogP contribution < -0.4 is 5.73 Å². The van der Waals surface area contributed by atoms with E-state index in [0.29, 0.717) is 26.3 Å². The highest BCUT2D eigenvalue weighted by molar-refractivity contribution is 5.65. The van der Waals surface area contributed by atoms with Gasteiger partial charge in [0.15, 0.2) is 0 Å². The average molecular weight is 160 g/mol. The minimum atomic E-state index is -0.913. The maximum Gasteiger partial charge on any atom is 0.407 e. The van der Waals surface area contributed by atoms with E-state index in [1.54, 1.807) is 0 Å². The van der Waals surface area contributed by atoms with E-state index in [1.165, 1.54) is 4.90 Å². The Kier molecular flexibility index (Phi) is 2.67. The molecular formula is C6H12N2O3. The SMILES string of the molecule is NCC1COCCN1C(=O)O. The Labute approximate surface area is 64.7 Å². The van der Waals surface area contributed by atoms with Gasteiger partial charge in [-0.3, -0.25) is 4.90 Å². The molecule has 1 atom stereocenters. The smallest absolute Gasteiger partial charge is 0.407 e. The monoisotopic (exact) mass is 160 g/mol. The van der Waals surface area contributed by atoms with Crippen LogP contribution in [0.3, 0.4) is 0 Å². The van der Waals surface area contributed by atoms with Crippen LogP contribution in [0.25, 0.3) is 0 Å². The first-order valence-electron chi connectivity index (χ1n) is 3.53. The number of rotatable bonds is 1. The first-order chi connectivity index (χ1) is 5.25. The highest BCUT2D eigenvalue weighted by atomic mass is 16.5. The fourth-order valence-corrected chi connectivity index (χ4v) is 1.10. The van der Waals surface area contributed by atoms with Crippen LogP contribution in [0.15, 0.2) is 0 Å². The van der Waals surface area contributed by atoms with Gasteiger partial charge in [-0.1, -0.05) is 0 Å². The summed E-state index contributed by atoms with van der Waals surface area (Å²) in [6, 6.07) is -0.166. The summed E-state index contributed by atoms with van der Waals surface area (Å²) in [5, 5.41) is 8.65. The number of morpholine rings is 1. The van der Waals surface area contributed by atoms with Gasteiger partial charge >= 0.3 is 6.09 Å². The first-order valence-corrected chi connectivity index (χ1v) is 3.53. The molecule has 1 unspecified atom stereocenters. The van der Waals surface area contributed by atoms with E-state index in [1.807, 2.05) is 0 Å². The van der Waals surface area contributed by atoms with Gasteiger partial charge in [0.25, 0.3) is 0 Å². The predicted molar refractivity (Wildman–Crippen MR) is 38.4 cm³/mol. The Bertz CT molecular complexity index is 151. The minimum absolute atomic E-state index is 0.166. The number of ether oxygens (including phenoxy) is 1. The predicted octanol–water partition coefficient (Wildman–Crippen LogP) is -0.676. The fourth-order valence-electron chi connectivity index (χ4n) is 1.10. The van der Waals surface area contributed by atoms with Gasteiger partial charge in [-0.15, -0.1) is 0 Å². The number of carboxylic acid groups (broad SMARTS) is 1. The quantitative estimate of drug-likeness (QED) is 0.533. The molecule has 5 nitrogen and oxygen atoms in total. The lowest BCUT2D eigenvalue weighted by atomic mass is 10.2. The third kappa shape index (κ3) is 1.81. The Hall–Kier alpha value is -0.810. The number of nitrogens with two attached hydrogens (primary N) is 1. The van der Waals surface area contributed by atoms with Crippen LogP contribution in [-0.4, -0.2) is 48.4 Å². The molecule has 1 heterocycles. The van der Waals surface area contributed by atoms with Gasteiger partial charge in [0.1, 0.15) is 0 Å². The number of amides is 1. The molecule has 3 N–H and O–H groups in total. The number of hydrogen-bond donors (Lipinski definition) is 2. The fraction of sp³-hybridized carbons (Fsp3) is 0.833. The molecule has 1 aliphatic heterocycles. The summed E-state index contributed by atoms with van der Waals surface area (Å²) in [6.07, 6.45) is -0.913. The highest BCUT2D eigenvalue weighted by Crippen LogP contribution is 2.04. The summed E-state index contributed by atoms with van der Waals surface area (Å²) in [5.74, 6) is 0. The van der Waals surface area contributed by atoms with Crippen molar-refractivity contribution >= 4 is 6.09 Å². The molecule has 0 bridgehead atoms. The van der Waals surface area contributed by atoms with E-state index < -0.39 is 6.09 Å². The van der Waals surface area contributed by atoms with Crippen molar-refractivity contribution < 1.29 is 14.6 Å². The van der Waals surface area contributed by atoms with Gasteiger partial charge in [-0.25, -0.2) is 4.79 Å². The molecule has 1 fully saturated rings. The van der Waals surface area contributed by atoms with Crippen molar-refractivity contribution in [2.24, 2.45) is 5.73 Å². The third-order valence-electron chi connectivity index (χ3n) is 1.75. The Morgan fingerprint density at radius 1 is 1.82 bits per heavy atom. The second-order valence-corrected chi connectivity index (χ2v) is 2.44. The molecule has 1 rings (SSSR count). The molecule has 0 aromatic rings. The van der Waals surface area contributed by atoms with Crippen molar-refractivity contribution in [1.29, 1.82) is 0 Å². The molecule has 0 aromatic carbocycles. The number of hydrogen-bond acceptors (Lipinski definition) is 3. The molecule has 0 aromatic heterocycles. The third-order valence-corrected chi connectivity index (χ3v) is 1.75. The van der Waals surface area contributed by atoms with Crippen LogP contribution in [-0.2, 0) is 4.74 Å². The lowest BCUT2D eigenvalue weighted by Crippen LogP contribution is -2.51. The summed E-state index contributed by atoms with van der Waals surface area (Å²) < 4.78 is 5.07. The normalized spacial score (nSPS) is 25.2. The molecule has 1 saturated heterocycles. The molecule has 5 heteroatoms. The zero-order chi connectivity index (χ0) is 8.27. The van der Waals surface area contributed by atoms with E-state index in [2.05, 4.69) is 0 Å². The van der Waals surface area contributed by atoms with E-state index in [9.17, 15) is 4.79 Å². The lowest BCUT2D eigenvalue weighted by molar-refractivity contribution is 0.00314. The summed E-state index contributed by atoms with van der Waals surface area (Å²) >= 11 is 0. The zero-order valence-corrected chi connectivity index (χ0v) is 6.19. The number of carbonyl (C=O) groups is 1. The maximum absolute atomic E-state index is 10.5. The molecule has 1 aliphatic rings. The van der Waals surface area contributed by atoms with Crippen LogP contribution in [0.4, 0.5) is 4.79 Å². The maximum atomic E-state index is 10.5. The summed E-state index contributed by atoms with van der Waals surface area (Å²) in [5.41, 5.74) is 5.35. The summed E-state index contributed by atoms with van der Waals surface area (Å²) in [7, 11) is 0. The van der Waals surface area contributed by atoms with Gasteiger partial charge in [0.2, 0.25) is 0 Å². The van der Waals surface area contributed by atoms with Gasteiger partial charge in [-0.2, -0.15) is 0 Å². The van der Waals surface area contributed by atoms with Crippen molar-refractivity contribution in [3.8, 4) is 0 Å². The second kappa shape index (κ2) is 3.54. The first kappa shape index (κ1) is 8.29. The highest BCUT2D eigenvalue weighted by Gasteiger charge is 2.25. The number of nitrogens with zero attached hydrogens (tertiary/aromatic N) is 1. The van der Waals surface area contributed by atoms with Crippen LogP contribution in [0.1, 0.15) is 0 Å². The van der Waals surface area contributed by atoms with E-state index in [0.717, 1.165) is 0 Å². The van der Waals surface area contributed by atoms with E-state index >= 15 is 0 Å². The molecular weight excluding hydrogens is 148 g/mol. The Morgan fingerprint density at radius 3 is 3.00 bits per heavy atom. The largest absolute Gasteiger partial charge is 0.465 e. The molecule has 0 spiro atoms. The average Bonchev–Trinajstić information content (AvgIpc) is 2.04. The lowest BCUT2D eigenvalue weighted by Gasteiger charge is -2.32. The molecule has 0 saturated carbocycles. The van der Waals surface area contributed by atoms with Crippen molar-refractivity contribution in [3.05, 3.63) is 0 Å². The van der Waals surface area contributed by atoms with Crippen LogP contribution >= 0.6 is 0 Å². The van der Waals surface area contributed by atoms with Gasteiger partial charge in [0.05, 0.1) is 19.3 Å². The molecule has 1 amide bonds. The van der Waals surface area contributed by atoms with Crippen molar-refractivity contribution in [2.45, 2.75) is 6.04 Å². The molecule has 64 valence electrons. The van der Waals surface area contributed by atoms with E-state index in [4.69, 9.17) is 15.6 Å². The Balaban J connectivity index is 2.51. The molecule has 0 aliphatic carbocycles. The van der Waals surface area contributed by atoms with E-state index in [-0.39, 0.29) is 6.04 Å². The molecule has 11 heavy (non-hydrogen) atoms. The van der Waals surface area contributed by atoms with Gasteiger partial charge < -0.3 is 15.6 Å². The summed E-state index contributed by atoms with van der Waals surface area (Å²) in [4.78, 5) is 11.9.